The molecule has 18 heavy (non-hydrogen) atoms. The molecule has 3 N–H and O–H groups in total. The summed E-state index contributed by atoms with van der Waals surface area (Å²) >= 11 is 0. The number of nitrogens with zero attached hydrogens (tertiary/aromatic N) is 1. The van der Waals surface area contributed by atoms with Gasteiger partial charge in [0.15, 0.2) is 0 Å². The first-order valence-corrected chi connectivity index (χ1v) is 6.36. The van der Waals surface area contributed by atoms with E-state index >= 15 is 0 Å². The van der Waals surface area contributed by atoms with Crippen molar-refractivity contribution in [2.45, 2.75) is 39.7 Å². The number of aryl methyl sites for hydroxylation is 2. The maximum Gasteiger partial charge on any atom is 0.126 e. The van der Waals surface area contributed by atoms with Crippen LogP contribution in [0.3, 0.4) is 0 Å². The van der Waals surface area contributed by atoms with E-state index in [0.717, 1.165) is 23.5 Å². The zero-order valence-electron chi connectivity index (χ0n) is 11.5. The van der Waals surface area contributed by atoms with E-state index in [1.54, 1.807) is 0 Å². The minimum Gasteiger partial charge on any atom is -0.340 e. The van der Waals surface area contributed by atoms with E-state index < -0.39 is 5.54 Å². The summed E-state index contributed by atoms with van der Waals surface area (Å²) in [5.41, 5.74) is 10.6. The molecule has 0 spiro atoms. The Labute approximate surface area is 108 Å². The van der Waals surface area contributed by atoms with Gasteiger partial charge in [-0.25, -0.2) is 4.98 Å². The van der Waals surface area contributed by atoms with Crippen LogP contribution in [-0.4, -0.2) is 9.97 Å². The predicted octanol–water partition coefficient (Wildman–Crippen LogP) is 3.28. The number of nitrogens with two attached hydrogens (primary N) is 1. The SMILES string of the molecule is CCC(C)(N)c1ncc(-c2ccc(C)c(C)c2)[nH]1. The van der Waals surface area contributed by atoms with Crippen LogP contribution in [0.5, 0.6) is 0 Å². The Balaban J connectivity index is 2.38. The van der Waals surface area contributed by atoms with Gasteiger partial charge in [-0.15, -0.1) is 0 Å². The molecule has 1 heterocycles. The normalized spacial score (nSPS) is 14.5. The van der Waals surface area contributed by atoms with Gasteiger partial charge in [0, 0.05) is 0 Å². The molecule has 0 saturated heterocycles. The van der Waals surface area contributed by atoms with Crippen LogP contribution in [0, 0.1) is 13.8 Å². The number of H-pyrrole nitrogens is 1. The van der Waals surface area contributed by atoms with Crippen LogP contribution in [0.15, 0.2) is 24.4 Å². The Morgan fingerprint density at radius 2 is 2.00 bits per heavy atom. The molecule has 0 amide bonds. The number of hydrogen-bond acceptors (Lipinski definition) is 2. The lowest BCUT2D eigenvalue weighted by Crippen LogP contribution is -2.33. The lowest BCUT2D eigenvalue weighted by Gasteiger charge is -2.19. The topological polar surface area (TPSA) is 54.7 Å². The van der Waals surface area contributed by atoms with Gasteiger partial charge in [-0.05, 0) is 49.9 Å². The van der Waals surface area contributed by atoms with Crippen molar-refractivity contribution in [2.24, 2.45) is 5.73 Å². The minimum absolute atomic E-state index is 0.391. The van der Waals surface area contributed by atoms with Gasteiger partial charge in [0.2, 0.25) is 0 Å². The largest absolute Gasteiger partial charge is 0.340 e. The number of hydrogen-bond donors (Lipinski definition) is 2. The van der Waals surface area contributed by atoms with Crippen LogP contribution in [0.4, 0.5) is 0 Å². The van der Waals surface area contributed by atoms with Crippen LogP contribution in [0.2, 0.25) is 0 Å². The Morgan fingerprint density at radius 3 is 2.61 bits per heavy atom. The molecular weight excluding hydrogens is 222 g/mol. The monoisotopic (exact) mass is 243 g/mol. The van der Waals surface area contributed by atoms with E-state index in [9.17, 15) is 0 Å². The van der Waals surface area contributed by atoms with E-state index in [4.69, 9.17) is 5.73 Å². The summed E-state index contributed by atoms with van der Waals surface area (Å²) in [5, 5.41) is 0. The van der Waals surface area contributed by atoms with Crippen LogP contribution >= 0.6 is 0 Å². The van der Waals surface area contributed by atoms with Crippen LogP contribution in [0.25, 0.3) is 11.3 Å². The molecule has 2 aromatic rings. The van der Waals surface area contributed by atoms with E-state index in [0.29, 0.717) is 0 Å². The third-order valence-corrected chi connectivity index (χ3v) is 3.67. The predicted molar refractivity (Wildman–Crippen MR) is 75.3 cm³/mol. The first-order chi connectivity index (χ1) is 8.44. The van der Waals surface area contributed by atoms with Crippen LogP contribution in [0.1, 0.15) is 37.2 Å². The fourth-order valence-corrected chi connectivity index (χ4v) is 1.83. The second kappa shape index (κ2) is 4.58. The first kappa shape index (κ1) is 12.8. The summed E-state index contributed by atoms with van der Waals surface area (Å²) < 4.78 is 0. The van der Waals surface area contributed by atoms with Crippen LogP contribution in [-0.2, 0) is 5.54 Å². The molecular formula is C15H21N3. The second-order valence-corrected chi connectivity index (χ2v) is 5.22. The Hall–Kier alpha value is -1.61. The molecule has 0 fully saturated rings. The van der Waals surface area contributed by atoms with Gasteiger partial charge in [-0.2, -0.15) is 0 Å². The fourth-order valence-electron chi connectivity index (χ4n) is 1.83. The quantitative estimate of drug-likeness (QED) is 0.869. The standard InChI is InChI=1S/C15H21N3/c1-5-15(4,16)14-17-9-13(18-14)12-7-6-10(2)11(3)8-12/h6-9H,5,16H2,1-4H3,(H,17,18). The van der Waals surface area contributed by atoms with Crippen molar-refractivity contribution >= 4 is 0 Å². The summed E-state index contributed by atoms with van der Waals surface area (Å²) in [7, 11) is 0. The Bertz CT molecular complexity index is 553. The molecule has 1 unspecified atom stereocenters. The molecule has 96 valence electrons. The Morgan fingerprint density at radius 1 is 1.28 bits per heavy atom. The van der Waals surface area contributed by atoms with Crippen molar-refractivity contribution in [1.29, 1.82) is 0 Å². The third kappa shape index (κ3) is 2.31. The van der Waals surface area contributed by atoms with Crippen LogP contribution < -0.4 is 5.73 Å². The summed E-state index contributed by atoms with van der Waals surface area (Å²) in [6.45, 7) is 8.30. The summed E-state index contributed by atoms with van der Waals surface area (Å²) in [6, 6.07) is 6.42. The van der Waals surface area contributed by atoms with E-state index in [-0.39, 0.29) is 0 Å². The first-order valence-electron chi connectivity index (χ1n) is 6.36. The molecule has 0 aliphatic carbocycles. The van der Waals surface area contributed by atoms with Gasteiger partial charge in [-0.1, -0.05) is 19.1 Å². The van der Waals surface area contributed by atoms with Gasteiger partial charge in [-0.3, -0.25) is 0 Å². The van der Waals surface area contributed by atoms with E-state index in [1.807, 2.05) is 13.1 Å². The molecule has 3 heteroatoms. The highest BCUT2D eigenvalue weighted by Crippen LogP contribution is 2.24. The van der Waals surface area contributed by atoms with Crippen molar-refractivity contribution in [3.63, 3.8) is 0 Å². The highest BCUT2D eigenvalue weighted by atomic mass is 15.0. The molecule has 1 aromatic carbocycles. The molecule has 1 aromatic heterocycles. The average molecular weight is 243 g/mol. The molecule has 0 saturated carbocycles. The van der Waals surface area contributed by atoms with Crippen molar-refractivity contribution in [3.8, 4) is 11.3 Å². The number of aromatic amines is 1. The summed E-state index contributed by atoms with van der Waals surface area (Å²) in [6.07, 6.45) is 2.72. The van der Waals surface area contributed by atoms with E-state index in [2.05, 4.69) is 48.9 Å². The number of rotatable bonds is 3. The van der Waals surface area contributed by atoms with E-state index in [1.165, 1.54) is 11.1 Å². The maximum atomic E-state index is 6.19. The van der Waals surface area contributed by atoms with Gasteiger partial charge < -0.3 is 10.7 Å². The highest BCUT2D eigenvalue weighted by Gasteiger charge is 2.22. The second-order valence-electron chi connectivity index (χ2n) is 5.22. The molecule has 2 rings (SSSR count). The molecule has 1 atom stereocenters. The molecule has 0 radical (unpaired) electrons. The fraction of sp³-hybridized carbons (Fsp3) is 0.400. The number of imidazole rings is 1. The zero-order valence-corrected chi connectivity index (χ0v) is 11.5. The third-order valence-electron chi connectivity index (χ3n) is 3.67. The lowest BCUT2D eigenvalue weighted by atomic mass is 10.00. The summed E-state index contributed by atoms with van der Waals surface area (Å²) in [5.74, 6) is 0.846. The average Bonchev–Trinajstić information content (AvgIpc) is 2.83. The number of aromatic nitrogens is 2. The minimum atomic E-state index is -0.391. The summed E-state index contributed by atoms with van der Waals surface area (Å²) in [4.78, 5) is 7.74. The van der Waals surface area contributed by atoms with Crippen molar-refractivity contribution in [2.75, 3.05) is 0 Å². The highest BCUT2D eigenvalue weighted by molar-refractivity contribution is 5.60. The van der Waals surface area contributed by atoms with Crippen molar-refractivity contribution < 1.29 is 0 Å². The molecule has 0 aliphatic rings. The number of nitrogens with one attached hydrogen (secondary N) is 1. The molecule has 0 aliphatic heterocycles. The Kier molecular flexibility index (Phi) is 3.26. The zero-order chi connectivity index (χ0) is 13.3. The van der Waals surface area contributed by atoms with Gasteiger partial charge >= 0.3 is 0 Å². The molecule has 0 bridgehead atoms. The molecule has 3 nitrogen and oxygen atoms in total. The lowest BCUT2D eigenvalue weighted by molar-refractivity contribution is 0.450. The van der Waals surface area contributed by atoms with Gasteiger partial charge in [0.25, 0.3) is 0 Å². The smallest absolute Gasteiger partial charge is 0.126 e. The maximum absolute atomic E-state index is 6.19. The van der Waals surface area contributed by atoms with Crippen molar-refractivity contribution in [3.05, 3.63) is 41.3 Å². The number of benzene rings is 1. The van der Waals surface area contributed by atoms with Gasteiger partial charge in [0.05, 0.1) is 17.4 Å². The van der Waals surface area contributed by atoms with Gasteiger partial charge in [0.1, 0.15) is 5.82 Å². The van der Waals surface area contributed by atoms with Crippen molar-refractivity contribution in [1.82, 2.24) is 9.97 Å².